The molecular formula is C14H19IN2OS. The molecule has 0 spiro atoms. The van der Waals surface area contributed by atoms with Crippen molar-refractivity contribution in [1.82, 2.24) is 5.32 Å². The van der Waals surface area contributed by atoms with E-state index in [1.165, 1.54) is 14.7 Å². The van der Waals surface area contributed by atoms with E-state index < -0.39 is 5.41 Å². The van der Waals surface area contributed by atoms with E-state index in [0.29, 0.717) is 5.11 Å². The second-order valence-electron chi connectivity index (χ2n) is 5.58. The normalized spacial score (nSPS) is 11.1. The summed E-state index contributed by atoms with van der Waals surface area (Å²) >= 11 is 7.47. The number of thiocarbonyl (C=S) groups is 1. The van der Waals surface area contributed by atoms with Crippen molar-refractivity contribution in [3.63, 3.8) is 0 Å². The zero-order chi connectivity index (χ0) is 14.8. The van der Waals surface area contributed by atoms with Crippen LogP contribution in [0.4, 0.5) is 5.69 Å². The Balaban J connectivity index is 2.76. The van der Waals surface area contributed by atoms with E-state index in [9.17, 15) is 4.79 Å². The number of carbonyl (C=O) groups excluding carboxylic acids is 1. The second-order valence-corrected chi connectivity index (χ2v) is 7.07. The number of nitrogens with one attached hydrogen (secondary N) is 2. The van der Waals surface area contributed by atoms with Crippen LogP contribution in [0.1, 0.15) is 31.9 Å². The van der Waals surface area contributed by atoms with Crippen LogP contribution >= 0.6 is 34.8 Å². The van der Waals surface area contributed by atoms with Crippen LogP contribution in [0.2, 0.25) is 0 Å². The van der Waals surface area contributed by atoms with Crippen molar-refractivity contribution in [3.8, 4) is 0 Å². The van der Waals surface area contributed by atoms with Gasteiger partial charge in [0, 0.05) is 14.7 Å². The Morgan fingerprint density at radius 3 is 2.11 bits per heavy atom. The maximum Gasteiger partial charge on any atom is 0.231 e. The summed E-state index contributed by atoms with van der Waals surface area (Å²) in [6.07, 6.45) is 0. The zero-order valence-electron chi connectivity index (χ0n) is 11.8. The minimum Gasteiger partial charge on any atom is -0.332 e. The van der Waals surface area contributed by atoms with Crippen LogP contribution in [0.25, 0.3) is 0 Å². The van der Waals surface area contributed by atoms with Crippen molar-refractivity contribution in [2.45, 2.75) is 34.6 Å². The predicted molar refractivity (Wildman–Crippen MR) is 92.5 cm³/mol. The highest BCUT2D eigenvalue weighted by molar-refractivity contribution is 14.1. The molecule has 0 aliphatic carbocycles. The van der Waals surface area contributed by atoms with Crippen molar-refractivity contribution < 1.29 is 4.79 Å². The van der Waals surface area contributed by atoms with E-state index in [1.54, 1.807) is 0 Å². The number of aryl methyl sites for hydroxylation is 2. The molecule has 0 bridgehead atoms. The van der Waals surface area contributed by atoms with E-state index in [4.69, 9.17) is 12.2 Å². The first-order valence-corrected chi connectivity index (χ1v) is 7.49. The highest BCUT2D eigenvalue weighted by Crippen LogP contribution is 2.21. The van der Waals surface area contributed by atoms with Gasteiger partial charge in [0.2, 0.25) is 5.91 Å². The standard InChI is InChI=1S/C14H19IN2OS/c1-8-6-10(7-9(2)11(8)15)16-13(19)17-12(18)14(3,4)5/h6-7H,1-5H3,(H2,16,17,18,19). The quantitative estimate of drug-likeness (QED) is 0.567. The molecule has 1 amide bonds. The van der Waals surface area contributed by atoms with Gasteiger partial charge < -0.3 is 10.6 Å². The summed E-state index contributed by atoms with van der Waals surface area (Å²) in [6, 6.07) is 4.04. The molecule has 3 nitrogen and oxygen atoms in total. The first-order valence-electron chi connectivity index (χ1n) is 6.00. The van der Waals surface area contributed by atoms with Crippen LogP contribution in [0, 0.1) is 22.8 Å². The number of hydrogen-bond donors (Lipinski definition) is 2. The lowest BCUT2D eigenvalue weighted by atomic mass is 9.96. The zero-order valence-corrected chi connectivity index (χ0v) is 14.8. The molecule has 0 heterocycles. The summed E-state index contributed by atoms with van der Waals surface area (Å²) in [5, 5.41) is 6.08. The molecule has 104 valence electrons. The minimum atomic E-state index is -0.455. The third kappa shape index (κ3) is 4.72. The molecule has 19 heavy (non-hydrogen) atoms. The Kier molecular flexibility index (Phi) is 5.32. The van der Waals surface area contributed by atoms with Gasteiger partial charge >= 0.3 is 0 Å². The third-order valence-electron chi connectivity index (χ3n) is 2.60. The smallest absolute Gasteiger partial charge is 0.231 e. The topological polar surface area (TPSA) is 41.1 Å². The van der Waals surface area contributed by atoms with E-state index in [0.717, 1.165) is 5.69 Å². The van der Waals surface area contributed by atoms with Crippen molar-refractivity contribution >= 4 is 51.5 Å². The van der Waals surface area contributed by atoms with Gasteiger partial charge in [0.25, 0.3) is 0 Å². The van der Waals surface area contributed by atoms with Crippen LogP contribution in [-0.4, -0.2) is 11.0 Å². The minimum absolute atomic E-state index is 0.0936. The molecule has 0 aliphatic heterocycles. The van der Waals surface area contributed by atoms with Gasteiger partial charge in [-0.1, -0.05) is 20.8 Å². The van der Waals surface area contributed by atoms with E-state index >= 15 is 0 Å². The fourth-order valence-corrected chi connectivity index (χ4v) is 1.99. The van der Waals surface area contributed by atoms with Gasteiger partial charge in [-0.15, -0.1) is 0 Å². The Bertz CT molecular complexity index is 498. The Labute approximate surface area is 133 Å². The largest absolute Gasteiger partial charge is 0.332 e. The molecule has 0 radical (unpaired) electrons. The van der Waals surface area contributed by atoms with Gasteiger partial charge in [-0.2, -0.15) is 0 Å². The number of rotatable bonds is 1. The molecular weight excluding hydrogens is 371 g/mol. The maximum absolute atomic E-state index is 11.8. The van der Waals surface area contributed by atoms with Crippen LogP contribution in [0.3, 0.4) is 0 Å². The SMILES string of the molecule is Cc1cc(NC(=S)NC(=O)C(C)(C)C)cc(C)c1I. The molecule has 0 aromatic heterocycles. The molecule has 0 saturated heterocycles. The molecule has 0 fully saturated rings. The monoisotopic (exact) mass is 390 g/mol. The van der Waals surface area contributed by atoms with E-state index in [2.05, 4.69) is 47.1 Å². The Morgan fingerprint density at radius 1 is 1.21 bits per heavy atom. The first kappa shape index (κ1) is 16.4. The van der Waals surface area contributed by atoms with Gasteiger partial charge in [-0.05, 0) is 71.9 Å². The predicted octanol–water partition coefficient (Wildman–Crippen LogP) is 3.77. The molecule has 2 N–H and O–H groups in total. The van der Waals surface area contributed by atoms with Crippen molar-refractivity contribution in [2.75, 3.05) is 5.32 Å². The molecule has 1 rings (SSSR count). The summed E-state index contributed by atoms with van der Waals surface area (Å²) in [4.78, 5) is 11.8. The maximum atomic E-state index is 11.8. The van der Waals surface area contributed by atoms with Crippen molar-refractivity contribution in [1.29, 1.82) is 0 Å². The molecule has 1 aromatic rings. The van der Waals surface area contributed by atoms with Gasteiger partial charge in [0.1, 0.15) is 0 Å². The highest BCUT2D eigenvalue weighted by atomic mass is 127. The lowest BCUT2D eigenvalue weighted by molar-refractivity contribution is -0.126. The number of anilines is 1. The average molecular weight is 390 g/mol. The Morgan fingerprint density at radius 2 is 1.68 bits per heavy atom. The summed E-state index contributed by atoms with van der Waals surface area (Å²) in [6.45, 7) is 9.66. The van der Waals surface area contributed by atoms with Crippen LogP contribution < -0.4 is 10.6 Å². The molecule has 0 aliphatic rings. The Hall–Kier alpha value is -0.690. The summed E-state index contributed by atoms with van der Waals surface area (Å²) in [5.74, 6) is -0.0936. The number of hydrogen-bond acceptors (Lipinski definition) is 2. The molecule has 0 atom stereocenters. The van der Waals surface area contributed by atoms with Crippen LogP contribution in [0.5, 0.6) is 0 Å². The molecule has 5 heteroatoms. The average Bonchev–Trinajstić information content (AvgIpc) is 2.24. The van der Waals surface area contributed by atoms with Gasteiger partial charge in [0.15, 0.2) is 5.11 Å². The first-order chi connectivity index (χ1) is 8.61. The summed E-state index contributed by atoms with van der Waals surface area (Å²) in [5.41, 5.74) is 2.82. The van der Waals surface area contributed by atoms with Gasteiger partial charge in [0.05, 0.1) is 0 Å². The molecule has 0 saturated carbocycles. The number of carbonyl (C=O) groups is 1. The lowest BCUT2D eigenvalue weighted by Crippen LogP contribution is -2.41. The lowest BCUT2D eigenvalue weighted by Gasteiger charge is -2.19. The van der Waals surface area contributed by atoms with Gasteiger partial charge in [-0.3, -0.25) is 4.79 Å². The molecule has 0 unspecified atom stereocenters. The highest BCUT2D eigenvalue weighted by Gasteiger charge is 2.21. The second kappa shape index (κ2) is 6.17. The summed E-state index contributed by atoms with van der Waals surface area (Å²) in [7, 11) is 0. The number of amides is 1. The third-order valence-corrected chi connectivity index (χ3v) is 4.51. The molecule has 1 aromatic carbocycles. The van der Waals surface area contributed by atoms with E-state index in [-0.39, 0.29) is 5.91 Å². The van der Waals surface area contributed by atoms with Crippen LogP contribution in [0.15, 0.2) is 12.1 Å². The van der Waals surface area contributed by atoms with Gasteiger partial charge in [-0.25, -0.2) is 0 Å². The fraction of sp³-hybridized carbons (Fsp3) is 0.429. The van der Waals surface area contributed by atoms with E-state index in [1.807, 2.05) is 32.9 Å². The number of halogens is 1. The van der Waals surface area contributed by atoms with Crippen molar-refractivity contribution in [2.24, 2.45) is 5.41 Å². The summed E-state index contributed by atoms with van der Waals surface area (Å²) < 4.78 is 1.24. The van der Waals surface area contributed by atoms with Crippen molar-refractivity contribution in [3.05, 3.63) is 26.8 Å². The number of benzene rings is 1. The van der Waals surface area contributed by atoms with Crippen LogP contribution in [-0.2, 0) is 4.79 Å². The fourth-order valence-electron chi connectivity index (χ4n) is 1.47.